The molecule has 1 aromatic heterocycles. The molecule has 1 N–H and O–H groups in total. The minimum atomic E-state index is -0.238. The fourth-order valence-corrected chi connectivity index (χ4v) is 0.792. The van der Waals surface area contributed by atoms with Gasteiger partial charge in [-0.05, 0) is 13.0 Å². The predicted molar refractivity (Wildman–Crippen MR) is 45.8 cm³/mol. The van der Waals surface area contributed by atoms with Crippen LogP contribution < -0.4 is 5.56 Å². The highest BCUT2D eigenvalue weighted by Gasteiger charge is 1.93. The zero-order valence-electron chi connectivity index (χ0n) is 6.74. The van der Waals surface area contributed by atoms with E-state index < -0.39 is 0 Å². The number of pyridine rings is 1. The number of aromatic nitrogens is 1. The number of nitrogens with zero attached hydrogens (tertiary/aromatic N) is 1. The van der Waals surface area contributed by atoms with E-state index in [2.05, 4.69) is 11.8 Å². The van der Waals surface area contributed by atoms with Crippen molar-refractivity contribution in [3.63, 3.8) is 0 Å². The van der Waals surface area contributed by atoms with Crippen molar-refractivity contribution in [3.8, 4) is 17.6 Å². The van der Waals surface area contributed by atoms with Crippen LogP contribution in [0.2, 0.25) is 0 Å². The first kappa shape index (κ1) is 8.41. The molecular weight excluding hydrogens is 154 g/mol. The van der Waals surface area contributed by atoms with Crippen molar-refractivity contribution >= 4 is 0 Å². The van der Waals surface area contributed by atoms with Crippen LogP contribution in [0, 0.1) is 11.8 Å². The maximum absolute atomic E-state index is 11.1. The average molecular weight is 163 g/mol. The second kappa shape index (κ2) is 3.63. The third-order valence-electron chi connectivity index (χ3n) is 1.41. The van der Waals surface area contributed by atoms with Gasteiger partial charge in [0.05, 0.1) is 6.54 Å². The summed E-state index contributed by atoms with van der Waals surface area (Å²) in [6, 6.07) is 2.62. The molecule has 0 aromatic carbocycles. The van der Waals surface area contributed by atoms with E-state index in [1.165, 1.54) is 16.8 Å². The minimum Gasteiger partial charge on any atom is -0.508 e. The summed E-state index contributed by atoms with van der Waals surface area (Å²) in [5, 5.41) is 8.91. The summed E-state index contributed by atoms with van der Waals surface area (Å²) in [6.07, 6.45) is 1.52. The van der Waals surface area contributed by atoms with Crippen molar-refractivity contribution in [2.75, 3.05) is 0 Å². The molecule has 3 nitrogen and oxygen atoms in total. The standard InChI is InChI=1S/C9H9NO2/c1-2-3-5-10-6-4-8(11)7-9(10)12/h4,6-7,11H,5H2,1H3. The van der Waals surface area contributed by atoms with Crippen LogP contribution in [0.1, 0.15) is 6.92 Å². The normalized spacial score (nSPS) is 8.75. The van der Waals surface area contributed by atoms with E-state index in [-0.39, 0.29) is 11.3 Å². The molecule has 0 aliphatic carbocycles. The predicted octanol–water partition coefficient (Wildman–Crippen LogP) is 0.577. The van der Waals surface area contributed by atoms with Gasteiger partial charge in [0.15, 0.2) is 0 Å². The molecule has 0 aliphatic rings. The molecule has 0 saturated carbocycles. The highest BCUT2D eigenvalue weighted by molar-refractivity contribution is 5.16. The Balaban J connectivity index is 2.99. The lowest BCUT2D eigenvalue weighted by molar-refractivity contribution is 0.471. The number of aromatic hydroxyl groups is 1. The smallest absolute Gasteiger partial charge is 0.255 e. The molecule has 0 amide bonds. The van der Waals surface area contributed by atoms with E-state index in [0.717, 1.165) is 6.07 Å². The molecule has 0 bridgehead atoms. The molecule has 1 aromatic rings. The maximum atomic E-state index is 11.1. The summed E-state index contributed by atoms with van der Waals surface area (Å²) in [4.78, 5) is 11.1. The third-order valence-corrected chi connectivity index (χ3v) is 1.41. The van der Waals surface area contributed by atoms with E-state index in [4.69, 9.17) is 5.11 Å². The summed E-state index contributed by atoms with van der Waals surface area (Å²) < 4.78 is 1.43. The quantitative estimate of drug-likeness (QED) is 0.615. The van der Waals surface area contributed by atoms with E-state index in [0.29, 0.717) is 6.54 Å². The van der Waals surface area contributed by atoms with Crippen LogP contribution in [-0.4, -0.2) is 9.67 Å². The van der Waals surface area contributed by atoms with Gasteiger partial charge < -0.3 is 9.67 Å². The summed E-state index contributed by atoms with van der Waals surface area (Å²) in [5.74, 6) is 5.43. The van der Waals surface area contributed by atoms with Crippen molar-refractivity contribution in [3.05, 3.63) is 28.7 Å². The summed E-state index contributed by atoms with van der Waals surface area (Å²) in [5.41, 5.74) is -0.238. The molecule has 12 heavy (non-hydrogen) atoms. The van der Waals surface area contributed by atoms with E-state index >= 15 is 0 Å². The van der Waals surface area contributed by atoms with Crippen molar-refractivity contribution in [2.24, 2.45) is 0 Å². The largest absolute Gasteiger partial charge is 0.508 e. The Hall–Kier alpha value is -1.69. The topological polar surface area (TPSA) is 42.2 Å². The Morgan fingerprint density at radius 1 is 1.67 bits per heavy atom. The Morgan fingerprint density at radius 3 is 3.00 bits per heavy atom. The zero-order valence-corrected chi connectivity index (χ0v) is 6.74. The number of hydrogen-bond acceptors (Lipinski definition) is 2. The number of hydrogen-bond donors (Lipinski definition) is 1. The Labute approximate surface area is 70.3 Å². The van der Waals surface area contributed by atoms with Gasteiger partial charge in [-0.25, -0.2) is 0 Å². The average Bonchev–Trinajstić information content (AvgIpc) is 2.03. The first-order valence-corrected chi connectivity index (χ1v) is 3.53. The van der Waals surface area contributed by atoms with Gasteiger partial charge in [0, 0.05) is 12.3 Å². The highest BCUT2D eigenvalue weighted by Crippen LogP contribution is 2.00. The van der Waals surface area contributed by atoms with Gasteiger partial charge in [-0.15, -0.1) is 5.92 Å². The Kier molecular flexibility index (Phi) is 2.54. The van der Waals surface area contributed by atoms with Crippen molar-refractivity contribution in [2.45, 2.75) is 13.5 Å². The second-order valence-electron chi connectivity index (χ2n) is 2.28. The van der Waals surface area contributed by atoms with Gasteiger partial charge in [0.25, 0.3) is 5.56 Å². The van der Waals surface area contributed by atoms with Crippen LogP contribution in [0.5, 0.6) is 5.75 Å². The molecule has 0 saturated heterocycles. The van der Waals surface area contributed by atoms with Gasteiger partial charge >= 0.3 is 0 Å². The van der Waals surface area contributed by atoms with Crippen molar-refractivity contribution < 1.29 is 5.11 Å². The summed E-state index contributed by atoms with van der Waals surface area (Å²) in [6.45, 7) is 2.08. The molecule has 1 rings (SSSR count). The molecule has 1 heterocycles. The van der Waals surface area contributed by atoms with E-state index in [1.54, 1.807) is 6.92 Å². The van der Waals surface area contributed by atoms with E-state index in [9.17, 15) is 4.79 Å². The molecule has 0 atom stereocenters. The third kappa shape index (κ3) is 1.89. The van der Waals surface area contributed by atoms with Crippen LogP contribution >= 0.6 is 0 Å². The molecule has 62 valence electrons. The molecular formula is C9H9NO2. The van der Waals surface area contributed by atoms with Crippen LogP contribution in [0.3, 0.4) is 0 Å². The Morgan fingerprint density at radius 2 is 2.42 bits per heavy atom. The van der Waals surface area contributed by atoms with Crippen LogP contribution in [0.25, 0.3) is 0 Å². The van der Waals surface area contributed by atoms with Gasteiger partial charge in [0.2, 0.25) is 0 Å². The second-order valence-corrected chi connectivity index (χ2v) is 2.28. The number of rotatable bonds is 1. The molecule has 0 spiro atoms. The lowest BCUT2D eigenvalue weighted by Gasteiger charge is -1.98. The van der Waals surface area contributed by atoms with E-state index in [1.807, 2.05) is 0 Å². The van der Waals surface area contributed by atoms with Crippen molar-refractivity contribution in [1.29, 1.82) is 0 Å². The molecule has 0 unspecified atom stereocenters. The van der Waals surface area contributed by atoms with Gasteiger partial charge in [-0.2, -0.15) is 0 Å². The first-order valence-electron chi connectivity index (χ1n) is 3.53. The molecule has 0 fully saturated rings. The summed E-state index contributed by atoms with van der Waals surface area (Å²) in [7, 11) is 0. The van der Waals surface area contributed by atoms with Gasteiger partial charge in [-0.1, -0.05) is 5.92 Å². The maximum Gasteiger partial charge on any atom is 0.255 e. The fraction of sp³-hybridized carbons (Fsp3) is 0.222. The Bertz CT molecular complexity index is 381. The van der Waals surface area contributed by atoms with Gasteiger partial charge in [0.1, 0.15) is 5.75 Å². The van der Waals surface area contributed by atoms with Crippen LogP contribution in [0.4, 0.5) is 0 Å². The monoisotopic (exact) mass is 163 g/mol. The lowest BCUT2D eigenvalue weighted by atomic mass is 10.4. The fourth-order valence-electron chi connectivity index (χ4n) is 0.792. The SMILES string of the molecule is CC#CCn1ccc(O)cc1=O. The minimum absolute atomic E-state index is 0.0132. The van der Waals surface area contributed by atoms with Crippen LogP contribution in [0.15, 0.2) is 23.1 Å². The molecule has 0 radical (unpaired) electrons. The van der Waals surface area contributed by atoms with Gasteiger partial charge in [-0.3, -0.25) is 4.79 Å². The molecule has 3 heteroatoms. The highest BCUT2D eigenvalue weighted by atomic mass is 16.3. The summed E-state index contributed by atoms with van der Waals surface area (Å²) >= 11 is 0. The van der Waals surface area contributed by atoms with Crippen LogP contribution in [-0.2, 0) is 6.54 Å². The van der Waals surface area contributed by atoms with Crippen molar-refractivity contribution in [1.82, 2.24) is 4.57 Å². The zero-order chi connectivity index (χ0) is 8.97. The molecule has 0 aliphatic heterocycles. The first-order chi connectivity index (χ1) is 5.74. The lowest BCUT2D eigenvalue weighted by Crippen LogP contribution is -2.16.